The molecule has 2 aromatic carbocycles. The average Bonchev–Trinajstić information content (AvgIpc) is 3.04. The van der Waals surface area contributed by atoms with E-state index in [0.717, 1.165) is 23.5 Å². The molecule has 1 N–H and O–H groups in total. The van der Waals surface area contributed by atoms with Crippen LogP contribution in [0.25, 0.3) is 5.69 Å². The van der Waals surface area contributed by atoms with E-state index in [1.54, 1.807) is 10.9 Å². The van der Waals surface area contributed by atoms with E-state index in [1.807, 2.05) is 81.7 Å². The molecule has 5 heteroatoms. The van der Waals surface area contributed by atoms with Crippen molar-refractivity contribution in [2.75, 3.05) is 20.6 Å². The molecule has 5 nitrogen and oxygen atoms in total. The summed E-state index contributed by atoms with van der Waals surface area (Å²) in [6.07, 6.45) is 1.63. The van der Waals surface area contributed by atoms with Crippen LogP contribution in [0.1, 0.15) is 27.7 Å². The van der Waals surface area contributed by atoms with E-state index in [-0.39, 0.29) is 11.9 Å². The van der Waals surface area contributed by atoms with E-state index in [1.165, 1.54) is 0 Å². The maximum absolute atomic E-state index is 12.9. The number of carbonyl (C=O) groups is 1. The average molecular weight is 348 g/mol. The molecule has 1 heterocycles. The van der Waals surface area contributed by atoms with Crippen LogP contribution in [0.4, 0.5) is 0 Å². The third-order valence-corrected chi connectivity index (χ3v) is 4.31. The minimum absolute atomic E-state index is 0.0850. The molecule has 1 atom stereocenters. The van der Waals surface area contributed by atoms with Crippen molar-refractivity contribution in [3.63, 3.8) is 0 Å². The summed E-state index contributed by atoms with van der Waals surface area (Å²) < 4.78 is 1.79. The van der Waals surface area contributed by atoms with Crippen LogP contribution in [0.3, 0.4) is 0 Å². The molecule has 1 aromatic heterocycles. The van der Waals surface area contributed by atoms with E-state index >= 15 is 0 Å². The second kappa shape index (κ2) is 7.97. The number of carbonyl (C=O) groups excluding carboxylic acids is 1. The van der Waals surface area contributed by atoms with Gasteiger partial charge in [0.05, 0.1) is 29.2 Å². The molecule has 26 heavy (non-hydrogen) atoms. The van der Waals surface area contributed by atoms with Gasteiger partial charge in [-0.05, 0) is 38.7 Å². The lowest BCUT2D eigenvalue weighted by Gasteiger charge is -2.22. The summed E-state index contributed by atoms with van der Waals surface area (Å²) >= 11 is 0. The lowest BCUT2D eigenvalue weighted by atomic mass is 10.1. The normalized spacial score (nSPS) is 12.2. The third-order valence-electron chi connectivity index (χ3n) is 4.31. The van der Waals surface area contributed by atoms with Crippen LogP contribution in [0.15, 0.2) is 66.9 Å². The quantitative estimate of drug-likeness (QED) is 0.744. The number of nitrogens with one attached hydrogen (secondary N) is 1. The van der Waals surface area contributed by atoms with Crippen LogP contribution >= 0.6 is 0 Å². The van der Waals surface area contributed by atoms with Crippen LogP contribution in [0.5, 0.6) is 0 Å². The Hall–Kier alpha value is -2.92. The topological polar surface area (TPSA) is 50.2 Å². The van der Waals surface area contributed by atoms with Gasteiger partial charge >= 0.3 is 0 Å². The van der Waals surface area contributed by atoms with Gasteiger partial charge in [-0.3, -0.25) is 4.79 Å². The van der Waals surface area contributed by atoms with Crippen LogP contribution in [0, 0.1) is 6.92 Å². The monoisotopic (exact) mass is 348 g/mol. The number of likely N-dealkylation sites (N-methyl/N-ethyl adjacent to an activating group) is 1. The summed E-state index contributed by atoms with van der Waals surface area (Å²) in [7, 11) is 4.00. The number of benzene rings is 2. The molecule has 1 amide bonds. The van der Waals surface area contributed by atoms with Gasteiger partial charge < -0.3 is 10.2 Å². The number of aromatic nitrogens is 2. The van der Waals surface area contributed by atoms with Crippen molar-refractivity contribution in [2.45, 2.75) is 13.0 Å². The summed E-state index contributed by atoms with van der Waals surface area (Å²) in [5.41, 5.74) is 3.44. The Bertz CT molecular complexity index is 856. The summed E-state index contributed by atoms with van der Waals surface area (Å²) in [4.78, 5) is 15.0. The van der Waals surface area contributed by atoms with Crippen LogP contribution in [-0.2, 0) is 0 Å². The van der Waals surface area contributed by atoms with Gasteiger partial charge in [0.25, 0.3) is 5.91 Å². The molecule has 134 valence electrons. The number of amides is 1. The minimum atomic E-state index is -0.111. The van der Waals surface area contributed by atoms with Crippen molar-refractivity contribution in [3.05, 3.63) is 83.7 Å². The molecule has 0 aliphatic heterocycles. The molecule has 0 aliphatic rings. The number of hydrogen-bond acceptors (Lipinski definition) is 3. The maximum Gasteiger partial charge on any atom is 0.255 e. The molecular formula is C21H24N4O. The lowest BCUT2D eigenvalue weighted by molar-refractivity contribution is 0.0929. The fourth-order valence-corrected chi connectivity index (χ4v) is 2.98. The van der Waals surface area contributed by atoms with Crippen LogP contribution < -0.4 is 5.32 Å². The van der Waals surface area contributed by atoms with E-state index in [2.05, 4.69) is 15.3 Å². The van der Waals surface area contributed by atoms with E-state index in [0.29, 0.717) is 5.56 Å². The van der Waals surface area contributed by atoms with Gasteiger partial charge in [0, 0.05) is 6.54 Å². The molecule has 0 radical (unpaired) electrons. The van der Waals surface area contributed by atoms with E-state index in [4.69, 9.17) is 0 Å². The second-order valence-corrected chi connectivity index (χ2v) is 6.59. The van der Waals surface area contributed by atoms with Crippen molar-refractivity contribution in [1.82, 2.24) is 20.0 Å². The van der Waals surface area contributed by atoms with Crippen molar-refractivity contribution < 1.29 is 4.79 Å². The van der Waals surface area contributed by atoms with Crippen molar-refractivity contribution in [1.29, 1.82) is 0 Å². The molecule has 0 spiro atoms. The zero-order valence-corrected chi connectivity index (χ0v) is 15.4. The Kier molecular flexibility index (Phi) is 5.49. The molecular weight excluding hydrogens is 324 g/mol. The standard InChI is InChI=1S/C21H24N4O/c1-16-19(14-22-25(16)18-12-8-5-9-13-18)21(26)23-20(15-24(2)3)17-10-6-4-7-11-17/h4-14,20H,15H2,1-3H3,(H,23,26). The summed E-state index contributed by atoms with van der Waals surface area (Å²) in [6.45, 7) is 2.64. The largest absolute Gasteiger partial charge is 0.344 e. The Balaban J connectivity index is 1.83. The summed E-state index contributed by atoms with van der Waals surface area (Å²) in [6, 6.07) is 19.8. The van der Waals surface area contributed by atoms with Gasteiger partial charge in [-0.2, -0.15) is 5.10 Å². The second-order valence-electron chi connectivity index (χ2n) is 6.59. The molecule has 0 bridgehead atoms. The molecule has 0 saturated heterocycles. The zero-order valence-electron chi connectivity index (χ0n) is 15.4. The van der Waals surface area contributed by atoms with Gasteiger partial charge in [0.1, 0.15) is 0 Å². The summed E-state index contributed by atoms with van der Waals surface area (Å²) in [5, 5.41) is 7.55. The van der Waals surface area contributed by atoms with Crippen molar-refractivity contribution in [3.8, 4) is 5.69 Å². The maximum atomic E-state index is 12.9. The van der Waals surface area contributed by atoms with Gasteiger partial charge in [-0.1, -0.05) is 48.5 Å². The Morgan fingerprint density at radius 3 is 2.31 bits per heavy atom. The van der Waals surface area contributed by atoms with Gasteiger partial charge in [-0.15, -0.1) is 0 Å². The molecule has 0 saturated carbocycles. The van der Waals surface area contributed by atoms with Crippen LogP contribution in [0.2, 0.25) is 0 Å². The molecule has 1 unspecified atom stereocenters. The Morgan fingerprint density at radius 1 is 1.08 bits per heavy atom. The molecule has 0 fully saturated rings. The first-order chi connectivity index (χ1) is 12.6. The highest BCUT2D eigenvalue weighted by molar-refractivity contribution is 5.95. The first kappa shape index (κ1) is 17.9. The third kappa shape index (κ3) is 4.00. The van der Waals surface area contributed by atoms with Crippen LogP contribution in [-0.4, -0.2) is 41.2 Å². The predicted octanol–water partition coefficient (Wildman–Crippen LogP) is 3.21. The fourth-order valence-electron chi connectivity index (χ4n) is 2.98. The lowest BCUT2D eigenvalue weighted by Crippen LogP contribution is -2.35. The summed E-state index contributed by atoms with van der Waals surface area (Å²) in [5.74, 6) is -0.111. The highest BCUT2D eigenvalue weighted by atomic mass is 16.1. The number of hydrogen-bond donors (Lipinski definition) is 1. The van der Waals surface area contributed by atoms with Gasteiger partial charge in [0.15, 0.2) is 0 Å². The number of nitrogens with zero attached hydrogens (tertiary/aromatic N) is 3. The highest BCUT2D eigenvalue weighted by Crippen LogP contribution is 2.17. The predicted molar refractivity (Wildman–Crippen MR) is 104 cm³/mol. The van der Waals surface area contributed by atoms with E-state index < -0.39 is 0 Å². The number of para-hydroxylation sites is 1. The van der Waals surface area contributed by atoms with Gasteiger partial charge in [-0.25, -0.2) is 4.68 Å². The molecule has 0 aliphatic carbocycles. The first-order valence-electron chi connectivity index (χ1n) is 8.67. The highest BCUT2D eigenvalue weighted by Gasteiger charge is 2.20. The van der Waals surface area contributed by atoms with Crippen molar-refractivity contribution in [2.24, 2.45) is 0 Å². The zero-order chi connectivity index (χ0) is 18.5. The Labute approximate surface area is 154 Å². The number of rotatable bonds is 6. The fraction of sp³-hybridized carbons (Fsp3) is 0.238. The SMILES string of the molecule is Cc1c(C(=O)NC(CN(C)C)c2ccccc2)cnn1-c1ccccc1. The van der Waals surface area contributed by atoms with Gasteiger partial charge in [0.2, 0.25) is 0 Å². The Morgan fingerprint density at radius 2 is 1.69 bits per heavy atom. The molecule has 3 rings (SSSR count). The first-order valence-corrected chi connectivity index (χ1v) is 8.67. The minimum Gasteiger partial charge on any atom is -0.344 e. The smallest absolute Gasteiger partial charge is 0.255 e. The van der Waals surface area contributed by atoms with Crippen molar-refractivity contribution >= 4 is 5.91 Å². The molecule has 3 aromatic rings. The van der Waals surface area contributed by atoms with E-state index in [9.17, 15) is 4.79 Å².